The first-order chi connectivity index (χ1) is 21.7. The summed E-state index contributed by atoms with van der Waals surface area (Å²) < 4.78 is 5.89. The summed E-state index contributed by atoms with van der Waals surface area (Å²) in [7, 11) is -2.62. The summed E-state index contributed by atoms with van der Waals surface area (Å²) in [5.74, 6) is 6.48. The summed E-state index contributed by atoms with van der Waals surface area (Å²) in [5, 5.41) is 0.719. The zero-order valence-electron chi connectivity index (χ0n) is 29.2. The van der Waals surface area contributed by atoms with Crippen LogP contribution in [-0.2, 0) is 22.6 Å². The number of ether oxygens (including phenoxy) is 1. The molecule has 0 saturated carbocycles. The summed E-state index contributed by atoms with van der Waals surface area (Å²) in [6.45, 7) is 20.9. The number of imide groups is 1. The van der Waals surface area contributed by atoms with Crippen molar-refractivity contribution in [1.82, 2.24) is 9.80 Å². The summed E-state index contributed by atoms with van der Waals surface area (Å²) in [5.41, 5.74) is 2.24. The van der Waals surface area contributed by atoms with Crippen LogP contribution in [0.1, 0.15) is 73.4 Å². The maximum Gasteiger partial charge on any atom is 0.418 e. The van der Waals surface area contributed by atoms with Crippen molar-refractivity contribution in [2.24, 2.45) is 5.92 Å². The van der Waals surface area contributed by atoms with Crippen molar-refractivity contribution in [1.29, 1.82) is 0 Å². The summed E-state index contributed by atoms with van der Waals surface area (Å²) in [6, 6.07) is 30.9. The third kappa shape index (κ3) is 7.01. The topological polar surface area (TPSA) is 49.9 Å². The largest absolute Gasteiger partial charge is 0.443 e. The number of amides is 2. The van der Waals surface area contributed by atoms with Crippen molar-refractivity contribution >= 4 is 25.3 Å². The Kier molecular flexibility index (Phi) is 11.0. The highest BCUT2D eigenvalue weighted by atomic mass is 28.3. The van der Waals surface area contributed by atoms with Crippen molar-refractivity contribution in [3.05, 3.63) is 102 Å². The molecule has 244 valence electrons. The highest BCUT2D eigenvalue weighted by molar-refractivity contribution is 6.96. The number of nitrogens with zero attached hydrogens (tertiary/aromatic N) is 2. The number of hydrogen-bond donors (Lipinski definition) is 0. The molecule has 3 aromatic carbocycles. The molecule has 1 fully saturated rings. The zero-order chi connectivity index (χ0) is 33.7. The molecule has 1 heterocycles. The lowest BCUT2D eigenvalue weighted by Crippen LogP contribution is -2.65. The van der Waals surface area contributed by atoms with E-state index in [4.69, 9.17) is 4.74 Å². The molecule has 0 radical (unpaired) electrons. The second-order valence-corrected chi connectivity index (χ2v) is 20.3. The molecule has 0 N–H and O–H groups in total. The SMILES string of the molecule is CC(C)[Si](c1ccccc1)(C(C)C)[C@@]1(C)[C@H](C#CCN(Cc2ccccc2)Cc2ccccc2)N(C(=O)OC(C)(C)C)C(=O)[C@@H]1C. The second-order valence-electron chi connectivity index (χ2n) is 14.6. The molecule has 3 atom stereocenters. The number of carbonyl (C=O) groups is 2. The minimum atomic E-state index is -2.62. The normalized spacial score (nSPS) is 20.3. The molecule has 1 saturated heterocycles. The van der Waals surface area contributed by atoms with Gasteiger partial charge in [-0.25, -0.2) is 9.69 Å². The van der Waals surface area contributed by atoms with E-state index < -0.39 is 36.8 Å². The standard InChI is InChI=1S/C40H52N2O3Si/c1-30(2)46(31(3)4,35-24-17-12-18-25-35)40(9)32(5)37(43)42(38(44)45-39(6,7)8)36(40)26-19-27-41(28-33-20-13-10-14-21-33)29-34-22-15-11-16-23-34/h10-18,20-25,30-32,36H,27-29H2,1-9H3/t32-,36-,40+/m0/s1. The first kappa shape index (κ1) is 35.2. The van der Waals surface area contributed by atoms with Crippen molar-refractivity contribution in [2.45, 2.75) is 103 Å². The van der Waals surface area contributed by atoms with Gasteiger partial charge in [-0.1, -0.05) is 150 Å². The first-order valence-electron chi connectivity index (χ1n) is 16.6. The average molecular weight is 637 g/mol. The Bertz CT molecular complexity index is 1470. The van der Waals surface area contributed by atoms with Crippen LogP contribution in [0.5, 0.6) is 0 Å². The van der Waals surface area contributed by atoms with Crippen LogP contribution in [0.15, 0.2) is 91.0 Å². The summed E-state index contributed by atoms with van der Waals surface area (Å²) >= 11 is 0. The molecule has 0 spiro atoms. The van der Waals surface area contributed by atoms with Gasteiger partial charge in [0.05, 0.1) is 6.54 Å². The van der Waals surface area contributed by atoms with Gasteiger partial charge in [0.1, 0.15) is 19.7 Å². The van der Waals surface area contributed by atoms with Gasteiger partial charge in [0.15, 0.2) is 0 Å². The Morgan fingerprint density at radius 1 is 0.870 bits per heavy atom. The molecule has 0 bridgehead atoms. The monoisotopic (exact) mass is 636 g/mol. The van der Waals surface area contributed by atoms with Crippen LogP contribution in [0.3, 0.4) is 0 Å². The van der Waals surface area contributed by atoms with Gasteiger partial charge in [-0.05, 0) is 43.0 Å². The van der Waals surface area contributed by atoms with E-state index in [0.717, 1.165) is 13.1 Å². The van der Waals surface area contributed by atoms with Crippen LogP contribution in [0.4, 0.5) is 4.79 Å². The fraction of sp³-hybridized carbons (Fsp3) is 0.450. The fourth-order valence-electron chi connectivity index (χ4n) is 8.11. The molecule has 46 heavy (non-hydrogen) atoms. The Balaban J connectivity index is 1.85. The third-order valence-corrected chi connectivity index (χ3v) is 17.3. The molecule has 1 aliphatic rings. The fourth-order valence-corrected chi connectivity index (χ4v) is 16.1. The number of carbonyl (C=O) groups excluding carboxylic acids is 2. The van der Waals surface area contributed by atoms with Crippen molar-refractivity contribution in [2.75, 3.05) is 6.54 Å². The molecule has 4 rings (SSSR count). The summed E-state index contributed by atoms with van der Waals surface area (Å²) in [6.07, 6.45) is -0.610. The minimum Gasteiger partial charge on any atom is -0.443 e. The van der Waals surface area contributed by atoms with Gasteiger partial charge in [0.25, 0.3) is 0 Å². The van der Waals surface area contributed by atoms with Crippen LogP contribution in [0, 0.1) is 17.8 Å². The zero-order valence-corrected chi connectivity index (χ0v) is 30.2. The van der Waals surface area contributed by atoms with Crippen LogP contribution in [0.25, 0.3) is 0 Å². The predicted octanol–water partition coefficient (Wildman–Crippen LogP) is 8.41. The first-order valence-corrected chi connectivity index (χ1v) is 18.8. The van der Waals surface area contributed by atoms with Gasteiger partial charge < -0.3 is 4.74 Å². The lowest BCUT2D eigenvalue weighted by atomic mass is 9.92. The lowest BCUT2D eigenvalue weighted by Gasteiger charge is -2.54. The number of benzene rings is 3. The van der Waals surface area contributed by atoms with Gasteiger partial charge in [-0.15, -0.1) is 0 Å². The maximum absolute atomic E-state index is 14.3. The van der Waals surface area contributed by atoms with Gasteiger partial charge >= 0.3 is 6.09 Å². The average Bonchev–Trinajstić information content (AvgIpc) is 3.19. The molecular weight excluding hydrogens is 585 g/mol. The predicted molar refractivity (Wildman–Crippen MR) is 191 cm³/mol. The van der Waals surface area contributed by atoms with Crippen LogP contribution >= 0.6 is 0 Å². The molecule has 6 heteroatoms. The molecule has 0 aromatic heterocycles. The van der Waals surface area contributed by atoms with Gasteiger partial charge in [0, 0.05) is 24.0 Å². The Morgan fingerprint density at radius 3 is 1.76 bits per heavy atom. The molecular formula is C40H52N2O3Si. The van der Waals surface area contributed by atoms with Crippen molar-refractivity contribution < 1.29 is 14.3 Å². The Morgan fingerprint density at radius 2 is 1.33 bits per heavy atom. The van der Waals surface area contributed by atoms with Crippen molar-refractivity contribution in [3.63, 3.8) is 0 Å². The van der Waals surface area contributed by atoms with Crippen LogP contribution in [-0.4, -0.2) is 48.1 Å². The number of hydrogen-bond acceptors (Lipinski definition) is 4. The summed E-state index contributed by atoms with van der Waals surface area (Å²) in [4.78, 5) is 31.9. The van der Waals surface area contributed by atoms with E-state index in [-0.39, 0.29) is 17.0 Å². The van der Waals surface area contributed by atoms with E-state index in [2.05, 4.69) is 124 Å². The molecule has 0 unspecified atom stereocenters. The number of likely N-dealkylation sites (tertiary alicyclic amines) is 1. The van der Waals surface area contributed by atoms with E-state index in [0.29, 0.717) is 6.54 Å². The van der Waals surface area contributed by atoms with Crippen LogP contribution < -0.4 is 5.19 Å². The van der Waals surface area contributed by atoms with Crippen molar-refractivity contribution in [3.8, 4) is 11.8 Å². The van der Waals surface area contributed by atoms with Crippen LogP contribution in [0.2, 0.25) is 16.1 Å². The minimum absolute atomic E-state index is 0.199. The van der Waals surface area contributed by atoms with E-state index >= 15 is 0 Å². The Hall–Kier alpha value is -3.66. The molecule has 5 nitrogen and oxygen atoms in total. The lowest BCUT2D eigenvalue weighted by molar-refractivity contribution is -0.130. The second kappa shape index (κ2) is 14.4. The quantitative estimate of drug-likeness (QED) is 0.175. The smallest absolute Gasteiger partial charge is 0.418 e. The molecule has 3 aromatic rings. The van der Waals surface area contributed by atoms with E-state index in [1.54, 1.807) is 0 Å². The van der Waals surface area contributed by atoms with Gasteiger partial charge in [-0.3, -0.25) is 9.69 Å². The maximum atomic E-state index is 14.3. The molecule has 0 aliphatic carbocycles. The highest BCUT2D eigenvalue weighted by Gasteiger charge is 2.68. The van der Waals surface area contributed by atoms with E-state index in [9.17, 15) is 9.59 Å². The third-order valence-electron chi connectivity index (χ3n) is 9.93. The van der Waals surface area contributed by atoms with Gasteiger partial charge in [0.2, 0.25) is 5.91 Å². The van der Waals surface area contributed by atoms with E-state index in [1.165, 1.54) is 21.2 Å². The van der Waals surface area contributed by atoms with E-state index in [1.807, 2.05) is 45.9 Å². The van der Waals surface area contributed by atoms with Gasteiger partial charge in [-0.2, -0.15) is 0 Å². The molecule has 2 amide bonds. The number of rotatable bonds is 9. The highest BCUT2D eigenvalue weighted by Crippen LogP contribution is 2.61. The Labute approximate surface area is 278 Å². The molecule has 1 aliphatic heterocycles.